The molecule has 0 radical (unpaired) electrons. The lowest BCUT2D eigenvalue weighted by Crippen LogP contribution is -2.29. The van der Waals surface area contributed by atoms with E-state index in [0.29, 0.717) is 22.6 Å². The number of hydrogen-bond acceptors (Lipinski definition) is 3. The highest BCUT2D eigenvalue weighted by Gasteiger charge is 2.39. The third-order valence-corrected chi connectivity index (χ3v) is 5.45. The van der Waals surface area contributed by atoms with Crippen molar-refractivity contribution in [3.05, 3.63) is 69.7 Å². The average molecular weight is 371 g/mol. The average Bonchev–Trinajstić information content (AvgIpc) is 3.08. The molecule has 2 aromatic rings. The van der Waals surface area contributed by atoms with Crippen LogP contribution >= 0.6 is 23.2 Å². The van der Waals surface area contributed by atoms with Gasteiger partial charge in [0.2, 0.25) is 0 Å². The Morgan fingerprint density at radius 3 is 2.76 bits per heavy atom. The lowest BCUT2D eigenvalue weighted by atomic mass is 9.77. The molecule has 2 aliphatic rings. The Morgan fingerprint density at radius 1 is 1.20 bits per heavy atom. The van der Waals surface area contributed by atoms with Crippen LogP contribution in [0.25, 0.3) is 0 Å². The van der Waals surface area contributed by atoms with Crippen LogP contribution in [0.5, 0.6) is 5.75 Å². The minimum absolute atomic E-state index is 0.0556. The molecule has 1 heterocycles. The fourth-order valence-electron chi connectivity index (χ4n) is 3.86. The third-order valence-electron chi connectivity index (χ3n) is 4.92. The van der Waals surface area contributed by atoms with E-state index in [1.54, 1.807) is 0 Å². The van der Waals surface area contributed by atoms with Crippen molar-refractivity contribution in [2.75, 3.05) is 11.9 Å². The van der Waals surface area contributed by atoms with Gasteiger partial charge in [0.25, 0.3) is 0 Å². The van der Waals surface area contributed by atoms with Crippen molar-refractivity contribution >= 4 is 28.9 Å². The number of anilines is 1. The summed E-state index contributed by atoms with van der Waals surface area (Å²) >= 11 is 12.7. The summed E-state index contributed by atoms with van der Waals surface area (Å²) in [6.07, 6.45) is 5.49. The minimum Gasteiger partial charge on any atom is -0.479 e. The van der Waals surface area contributed by atoms with E-state index >= 15 is 0 Å². The molecule has 25 heavy (non-hydrogen) atoms. The number of nitrogens with zero attached hydrogens (tertiary/aromatic N) is 1. The number of benzene rings is 2. The standard InChI is InChI=1S/C20H16Cl2N2O/c21-13-10-17(22)19-15-2-1-3-16(15)20(24-18(19)11-13)12-4-6-14(7-5-12)25-9-8-23/h1-2,4-7,10-11,15-16,20,24H,3,9H2/t15-,16+,20+/m1/s1. The highest BCUT2D eigenvalue weighted by Crippen LogP contribution is 2.52. The smallest absolute Gasteiger partial charge is 0.174 e. The largest absolute Gasteiger partial charge is 0.479 e. The van der Waals surface area contributed by atoms with Gasteiger partial charge in [-0.05, 0) is 42.2 Å². The molecule has 126 valence electrons. The van der Waals surface area contributed by atoms with Gasteiger partial charge in [0.05, 0.1) is 6.04 Å². The van der Waals surface area contributed by atoms with Gasteiger partial charge in [0, 0.05) is 27.2 Å². The highest BCUT2D eigenvalue weighted by atomic mass is 35.5. The Hall–Kier alpha value is -2.15. The van der Waals surface area contributed by atoms with Crippen molar-refractivity contribution in [2.45, 2.75) is 18.4 Å². The number of ether oxygens (including phenoxy) is 1. The van der Waals surface area contributed by atoms with Gasteiger partial charge in [-0.2, -0.15) is 5.26 Å². The van der Waals surface area contributed by atoms with Crippen LogP contribution in [0.2, 0.25) is 10.0 Å². The van der Waals surface area contributed by atoms with Crippen LogP contribution in [0.15, 0.2) is 48.6 Å². The van der Waals surface area contributed by atoms with Crippen molar-refractivity contribution in [1.29, 1.82) is 5.26 Å². The monoisotopic (exact) mass is 370 g/mol. The van der Waals surface area contributed by atoms with E-state index in [1.165, 1.54) is 5.56 Å². The zero-order valence-electron chi connectivity index (χ0n) is 13.4. The maximum absolute atomic E-state index is 8.61. The summed E-state index contributed by atoms with van der Waals surface area (Å²) < 4.78 is 5.34. The summed E-state index contributed by atoms with van der Waals surface area (Å²) in [5, 5.41) is 13.6. The normalized spacial score (nSPS) is 23.3. The molecule has 0 saturated heterocycles. The Bertz CT molecular complexity index is 871. The number of hydrogen-bond donors (Lipinski definition) is 1. The maximum Gasteiger partial charge on any atom is 0.174 e. The van der Waals surface area contributed by atoms with Crippen molar-refractivity contribution in [1.82, 2.24) is 0 Å². The third kappa shape index (κ3) is 2.97. The van der Waals surface area contributed by atoms with Crippen LogP contribution in [0.3, 0.4) is 0 Å². The van der Waals surface area contributed by atoms with Gasteiger partial charge >= 0.3 is 0 Å². The number of nitriles is 1. The van der Waals surface area contributed by atoms with E-state index in [9.17, 15) is 0 Å². The molecule has 1 aliphatic carbocycles. The van der Waals surface area contributed by atoms with Gasteiger partial charge in [0.1, 0.15) is 11.8 Å². The first-order chi connectivity index (χ1) is 12.2. The lowest BCUT2D eigenvalue weighted by Gasteiger charge is -2.38. The molecular formula is C20H16Cl2N2O. The molecule has 0 bridgehead atoms. The van der Waals surface area contributed by atoms with Crippen LogP contribution in [-0.4, -0.2) is 6.61 Å². The summed E-state index contributed by atoms with van der Waals surface area (Å²) in [7, 11) is 0. The van der Waals surface area contributed by atoms with Crippen LogP contribution in [0, 0.1) is 17.2 Å². The molecule has 3 atom stereocenters. The molecule has 0 amide bonds. The first-order valence-electron chi connectivity index (χ1n) is 8.19. The molecule has 0 saturated carbocycles. The van der Waals surface area contributed by atoms with E-state index in [2.05, 4.69) is 29.6 Å². The van der Waals surface area contributed by atoms with E-state index in [4.69, 9.17) is 33.2 Å². The van der Waals surface area contributed by atoms with Crippen LogP contribution < -0.4 is 10.1 Å². The number of allylic oxidation sites excluding steroid dienone is 2. The summed E-state index contributed by atoms with van der Waals surface area (Å²) in [4.78, 5) is 0. The second kappa shape index (κ2) is 6.63. The van der Waals surface area contributed by atoms with Gasteiger partial charge in [-0.3, -0.25) is 0 Å². The van der Waals surface area contributed by atoms with Crippen molar-refractivity contribution < 1.29 is 4.74 Å². The summed E-state index contributed by atoms with van der Waals surface area (Å²) in [5.74, 6) is 1.41. The van der Waals surface area contributed by atoms with Crippen molar-refractivity contribution in [3.63, 3.8) is 0 Å². The molecule has 5 heteroatoms. The summed E-state index contributed by atoms with van der Waals surface area (Å²) in [6, 6.07) is 13.8. The maximum atomic E-state index is 8.61. The van der Waals surface area contributed by atoms with Gasteiger partial charge in [0.15, 0.2) is 6.61 Å². The van der Waals surface area contributed by atoms with Gasteiger partial charge < -0.3 is 10.1 Å². The zero-order valence-corrected chi connectivity index (χ0v) is 14.9. The molecule has 2 aromatic carbocycles. The predicted molar refractivity (Wildman–Crippen MR) is 100 cm³/mol. The number of halogens is 2. The highest BCUT2D eigenvalue weighted by molar-refractivity contribution is 6.35. The van der Waals surface area contributed by atoms with Crippen LogP contribution in [0.4, 0.5) is 5.69 Å². The molecule has 3 nitrogen and oxygen atoms in total. The fourth-order valence-corrected chi connectivity index (χ4v) is 4.48. The van der Waals surface area contributed by atoms with Crippen LogP contribution in [-0.2, 0) is 0 Å². The van der Waals surface area contributed by atoms with Crippen molar-refractivity contribution in [2.24, 2.45) is 5.92 Å². The van der Waals surface area contributed by atoms with Gasteiger partial charge in [-0.15, -0.1) is 0 Å². The molecule has 4 rings (SSSR count). The predicted octanol–water partition coefficient (Wildman–Crippen LogP) is 5.72. The first kappa shape index (κ1) is 16.3. The second-order valence-electron chi connectivity index (χ2n) is 6.34. The molecule has 0 unspecified atom stereocenters. The molecule has 0 fully saturated rings. The molecule has 1 aliphatic heterocycles. The molecule has 1 N–H and O–H groups in total. The number of nitrogens with one attached hydrogen (secondary N) is 1. The van der Waals surface area contributed by atoms with Gasteiger partial charge in [-0.25, -0.2) is 0 Å². The summed E-state index contributed by atoms with van der Waals surface area (Å²) in [5.41, 5.74) is 3.32. The topological polar surface area (TPSA) is 45.0 Å². The van der Waals surface area contributed by atoms with E-state index in [1.807, 2.05) is 30.3 Å². The van der Waals surface area contributed by atoms with Crippen molar-refractivity contribution in [3.8, 4) is 11.8 Å². The van der Waals surface area contributed by atoms with E-state index in [-0.39, 0.29) is 12.6 Å². The van der Waals surface area contributed by atoms with E-state index in [0.717, 1.165) is 22.7 Å². The molecule has 0 spiro atoms. The SMILES string of the molecule is N#CCOc1ccc([C@@H]2Nc3cc(Cl)cc(Cl)c3[C@@H]3C=CC[C@@H]32)cc1. The van der Waals surface area contributed by atoms with E-state index < -0.39 is 0 Å². The Balaban J connectivity index is 1.68. The van der Waals surface area contributed by atoms with Gasteiger partial charge in [-0.1, -0.05) is 47.5 Å². The zero-order chi connectivity index (χ0) is 17.4. The number of rotatable bonds is 3. The quantitative estimate of drug-likeness (QED) is 0.702. The minimum atomic E-state index is 0.0556. The second-order valence-corrected chi connectivity index (χ2v) is 7.18. The Kier molecular flexibility index (Phi) is 4.33. The fraction of sp³-hybridized carbons (Fsp3) is 0.250. The van der Waals surface area contributed by atoms with Crippen LogP contribution in [0.1, 0.15) is 29.5 Å². The number of fused-ring (bicyclic) bond motifs is 3. The first-order valence-corrected chi connectivity index (χ1v) is 8.95. The Labute approximate surface area is 156 Å². The summed E-state index contributed by atoms with van der Waals surface area (Å²) in [6.45, 7) is 0.0556. The molecule has 0 aromatic heterocycles. The molecular weight excluding hydrogens is 355 g/mol. The lowest BCUT2D eigenvalue weighted by molar-refractivity contribution is 0.367. The Morgan fingerprint density at radius 2 is 2.00 bits per heavy atom.